The van der Waals surface area contributed by atoms with Crippen LogP contribution in [0.5, 0.6) is 0 Å². The Morgan fingerprint density at radius 2 is 1.67 bits per heavy atom. The molecule has 9 heteroatoms. The zero-order valence-corrected chi connectivity index (χ0v) is 16.2. The highest BCUT2D eigenvalue weighted by Gasteiger charge is 2.63. The monoisotopic (exact) mass is 425 g/mol. The minimum Gasteiger partial charge on any atom is -0.373 e. The van der Waals surface area contributed by atoms with Gasteiger partial charge in [0.1, 0.15) is 5.02 Å². The van der Waals surface area contributed by atoms with Gasteiger partial charge < -0.3 is 4.74 Å². The third kappa shape index (κ3) is 2.62. The van der Waals surface area contributed by atoms with E-state index in [0.717, 1.165) is 23.3 Å². The summed E-state index contributed by atoms with van der Waals surface area (Å²) in [6, 6.07) is 5.27. The van der Waals surface area contributed by atoms with Crippen LogP contribution in [0.25, 0.3) is 0 Å². The number of aromatic nitrogens is 2. The molecule has 2 bridgehead atoms. The van der Waals surface area contributed by atoms with E-state index in [1.54, 1.807) is 23.0 Å². The SMILES string of the molecule is O=C1[C@@H]2[C@@H](C(=O)N1c1nn(Cc3ccc(Cl)c(Cl)c3)cc1Cl)[C@H]1CC[C@@H]2O1. The summed E-state index contributed by atoms with van der Waals surface area (Å²) in [5.74, 6) is -1.17. The lowest BCUT2D eigenvalue weighted by Gasteiger charge is -2.15. The molecule has 0 unspecified atom stereocenters. The highest BCUT2D eigenvalue weighted by Crippen LogP contribution is 2.49. The van der Waals surface area contributed by atoms with Gasteiger partial charge in [0.15, 0.2) is 5.82 Å². The quantitative estimate of drug-likeness (QED) is 0.704. The number of anilines is 1. The van der Waals surface area contributed by atoms with Gasteiger partial charge in [-0.15, -0.1) is 0 Å². The average Bonchev–Trinajstić information content (AvgIpc) is 3.36. The van der Waals surface area contributed by atoms with E-state index in [9.17, 15) is 9.59 Å². The number of imide groups is 1. The molecule has 0 N–H and O–H groups in total. The van der Waals surface area contributed by atoms with Crippen LogP contribution in [0.15, 0.2) is 24.4 Å². The van der Waals surface area contributed by atoms with Crippen LogP contribution in [0.4, 0.5) is 5.82 Å². The lowest BCUT2D eigenvalue weighted by atomic mass is 9.81. The largest absolute Gasteiger partial charge is 0.373 e. The fourth-order valence-electron chi connectivity index (χ4n) is 4.37. The maximum atomic E-state index is 12.9. The molecule has 2 aromatic rings. The zero-order chi connectivity index (χ0) is 18.9. The summed E-state index contributed by atoms with van der Waals surface area (Å²) in [5.41, 5.74) is 0.873. The summed E-state index contributed by atoms with van der Waals surface area (Å²) in [6.45, 7) is 0.383. The molecular formula is C18H14Cl3N3O3. The van der Waals surface area contributed by atoms with Gasteiger partial charge in [0.2, 0.25) is 11.8 Å². The summed E-state index contributed by atoms with van der Waals surface area (Å²) < 4.78 is 7.33. The van der Waals surface area contributed by atoms with Gasteiger partial charge in [-0.1, -0.05) is 40.9 Å². The minimum atomic E-state index is -0.410. The van der Waals surface area contributed by atoms with E-state index in [1.807, 2.05) is 6.07 Å². The summed E-state index contributed by atoms with van der Waals surface area (Å²) in [5, 5.41) is 5.56. The molecule has 4 atom stereocenters. The predicted molar refractivity (Wildman–Crippen MR) is 100 cm³/mol. The van der Waals surface area contributed by atoms with Crippen molar-refractivity contribution in [1.29, 1.82) is 0 Å². The van der Waals surface area contributed by atoms with E-state index in [0.29, 0.717) is 16.6 Å². The standard InChI is InChI=1S/C18H14Cl3N3O3/c19-9-2-1-8(5-10(9)20)6-23-7-11(21)16(22-23)24-17(25)14-12-3-4-13(27-12)15(14)18(24)26/h1-2,5,7,12-15H,3-4,6H2/t12-,13+,14-,15-/m0/s1. The van der Waals surface area contributed by atoms with Crippen LogP contribution in [0.1, 0.15) is 18.4 Å². The topological polar surface area (TPSA) is 64.4 Å². The molecule has 3 fully saturated rings. The van der Waals surface area contributed by atoms with Crippen molar-refractivity contribution < 1.29 is 14.3 Å². The fraction of sp³-hybridized carbons (Fsp3) is 0.389. The van der Waals surface area contributed by atoms with Crippen molar-refractivity contribution in [1.82, 2.24) is 9.78 Å². The second-order valence-electron chi connectivity index (χ2n) is 7.10. The van der Waals surface area contributed by atoms with E-state index in [-0.39, 0.29) is 34.9 Å². The molecule has 5 rings (SSSR count). The molecule has 3 aliphatic rings. The van der Waals surface area contributed by atoms with Crippen LogP contribution in [0.2, 0.25) is 15.1 Å². The smallest absolute Gasteiger partial charge is 0.241 e. The molecule has 0 aliphatic carbocycles. The molecular weight excluding hydrogens is 413 g/mol. The number of hydrogen-bond acceptors (Lipinski definition) is 4. The second-order valence-corrected chi connectivity index (χ2v) is 8.32. The van der Waals surface area contributed by atoms with Crippen LogP contribution >= 0.6 is 34.8 Å². The van der Waals surface area contributed by atoms with Gasteiger partial charge in [0.05, 0.1) is 40.6 Å². The molecule has 4 heterocycles. The Kier molecular flexibility index (Phi) is 4.02. The molecule has 2 amide bonds. The van der Waals surface area contributed by atoms with Crippen molar-refractivity contribution in [3.8, 4) is 0 Å². The van der Waals surface area contributed by atoms with Gasteiger partial charge >= 0.3 is 0 Å². The van der Waals surface area contributed by atoms with E-state index in [2.05, 4.69) is 5.10 Å². The molecule has 27 heavy (non-hydrogen) atoms. The first-order chi connectivity index (χ1) is 12.9. The minimum absolute atomic E-state index is 0.168. The van der Waals surface area contributed by atoms with E-state index < -0.39 is 11.8 Å². The third-order valence-electron chi connectivity index (χ3n) is 5.52. The number of rotatable bonds is 3. The normalized spacial score (nSPS) is 29.1. The number of carbonyl (C=O) groups is 2. The van der Waals surface area contributed by atoms with Crippen molar-refractivity contribution >= 4 is 52.4 Å². The first-order valence-electron chi connectivity index (χ1n) is 8.64. The van der Waals surface area contributed by atoms with Crippen molar-refractivity contribution in [3.63, 3.8) is 0 Å². The highest BCUT2D eigenvalue weighted by molar-refractivity contribution is 6.42. The van der Waals surface area contributed by atoms with Gasteiger partial charge in [0.25, 0.3) is 0 Å². The van der Waals surface area contributed by atoms with Crippen LogP contribution in [-0.2, 0) is 20.9 Å². The number of fused-ring (bicyclic) bond motifs is 5. The lowest BCUT2D eigenvalue weighted by molar-refractivity contribution is -0.124. The van der Waals surface area contributed by atoms with Gasteiger partial charge in [-0.3, -0.25) is 14.3 Å². The zero-order valence-electron chi connectivity index (χ0n) is 13.9. The molecule has 0 spiro atoms. The van der Waals surface area contributed by atoms with Crippen LogP contribution < -0.4 is 4.90 Å². The Balaban J connectivity index is 1.44. The molecule has 1 aromatic heterocycles. The van der Waals surface area contributed by atoms with Gasteiger partial charge in [-0.25, -0.2) is 4.90 Å². The fourth-order valence-corrected chi connectivity index (χ4v) is 4.92. The molecule has 3 aliphatic heterocycles. The second kappa shape index (κ2) is 6.21. The summed E-state index contributed by atoms with van der Waals surface area (Å²) in [4.78, 5) is 26.9. The molecule has 140 valence electrons. The summed E-state index contributed by atoms with van der Waals surface area (Å²) in [7, 11) is 0. The number of amides is 2. The van der Waals surface area contributed by atoms with Crippen LogP contribution in [-0.4, -0.2) is 33.8 Å². The molecule has 0 radical (unpaired) electrons. The third-order valence-corrected chi connectivity index (χ3v) is 6.53. The van der Waals surface area contributed by atoms with Gasteiger partial charge in [0, 0.05) is 6.20 Å². The first kappa shape index (κ1) is 17.5. The number of nitrogens with zero attached hydrogens (tertiary/aromatic N) is 3. The van der Waals surface area contributed by atoms with Gasteiger partial charge in [-0.05, 0) is 30.5 Å². The average molecular weight is 427 g/mol. The maximum absolute atomic E-state index is 12.9. The number of halogens is 3. The Bertz CT molecular complexity index is 948. The van der Waals surface area contributed by atoms with E-state index in [1.165, 1.54) is 0 Å². The molecule has 0 saturated carbocycles. The van der Waals surface area contributed by atoms with Crippen molar-refractivity contribution in [2.75, 3.05) is 4.90 Å². The Hall–Kier alpha value is -1.60. The molecule has 3 saturated heterocycles. The van der Waals surface area contributed by atoms with Gasteiger partial charge in [-0.2, -0.15) is 5.10 Å². The number of benzene rings is 1. The summed E-state index contributed by atoms with van der Waals surface area (Å²) in [6.07, 6.45) is 2.90. The lowest BCUT2D eigenvalue weighted by Crippen LogP contribution is -2.34. The first-order valence-corrected chi connectivity index (χ1v) is 9.77. The van der Waals surface area contributed by atoms with E-state index in [4.69, 9.17) is 39.5 Å². The van der Waals surface area contributed by atoms with Crippen molar-refractivity contribution in [2.24, 2.45) is 11.8 Å². The Morgan fingerprint density at radius 3 is 2.30 bits per heavy atom. The number of carbonyl (C=O) groups excluding carboxylic acids is 2. The van der Waals surface area contributed by atoms with Crippen LogP contribution in [0.3, 0.4) is 0 Å². The predicted octanol–water partition coefficient (Wildman–Crippen LogP) is 3.56. The van der Waals surface area contributed by atoms with Crippen LogP contribution in [0, 0.1) is 11.8 Å². The molecule has 1 aromatic carbocycles. The Morgan fingerprint density at radius 1 is 1.00 bits per heavy atom. The van der Waals surface area contributed by atoms with E-state index >= 15 is 0 Å². The maximum Gasteiger partial charge on any atom is 0.241 e. The summed E-state index contributed by atoms with van der Waals surface area (Å²) >= 11 is 18.3. The Labute approximate surface area is 169 Å². The highest BCUT2D eigenvalue weighted by atomic mass is 35.5. The molecule has 6 nitrogen and oxygen atoms in total. The number of hydrogen-bond donors (Lipinski definition) is 0. The number of ether oxygens (including phenoxy) is 1. The van der Waals surface area contributed by atoms with Crippen molar-refractivity contribution in [2.45, 2.75) is 31.6 Å². The van der Waals surface area contributed by atoms with Crippen molar-refractivity contribution in [3.05, 3.63) is 45.0 Å².